The summed E-state index contributed by atoms with van der Waals surface area (Å²) in [6.07, 6.45) is 0.308. The van der Waals surface area contributed by atoms with Crippen LogP contribution in [0.5, 0.6) is 0 Å². The number of rotatable bonds is 4. The molecule has 0 unspecified atom stereocenters. The van der Waals surface area contributed by atoms with Gasteiger partial charge in [0.1, 0.15) is 11.9 Å². The van der Waals surface area contributed by atoms with Crippen LogP contribution in [0.25, 0.3) is 0 Å². The predicted molar refractivity (Wildman–Crippen MR) is 91.7 cm³/mol. The lowest BCUT2D eigenvalue weighted by atomic mass is 9.95. The summed E-state index contributed by atoms with van der Waals surface area (Å²) in [4.78, 5) is 12.4. The normalized spacial score (nSPS) is 17.8. The number of amides is 1. The number of carbonyl (C=O) groups is 1. The third-order valence-corrected chi connectivity index (χ3v) is 6.15. The van der Waals surface area contributed by atoms with E-state index in [4.69, 9.17) is 0 Å². The van der Waals surface area contributed by atoms with Gasteiger partial charge >= 0.3 is 0 Å². The van der Waals surface area contributed by atoms with Crippen molar-refractivity contribution in [2.24, 2.45) is 0 Å². The molecule has 1 aliphatic rings. The van der Waals surface area contributed by atoms with Gasteiger partial charge in [-0.15, -0.1) is 0 Å². The van der Waals surface area contributed by atoms with Crippen molar-refractivity contribution in [3.8, 4) is 0 Å². The van der Waals surface area contributed by atoms with Crippen LogP contribution in [0.4, 0.5) is 4.39 Å². The first-order valence-corrected chi connectivity index (χ1v) is 9.49. The molecule has 0 saturated carbocycles. The average molecular weight is 362 g/mol. The van der Waals surface area contributed by atoms with Crippen LogP contribution in [0, 0.1) is 5.82 Å². The van der Waals surface area contributed by atoms with E-state index in [-0.39, 0.29) is 17.3 Å². The molecule has 0 spiro atoms. The molecule has 1 aliphatic heterocycles. The second kappa shape index (κ2) is 6.93. The Hall–Kier alpha value is -2.25. The SMILES string of the molecule is CCNC(=O)[C@@H]1Cc2ccccc2CN1S(=O)(=O)c1ccc(F)cc1. The number of carbonyl (C=O) groups excluding carboxylic acids is 1. The number of likely N-dealkylation sites (N-methyl/N-ethyl adjacent to an activating group) is 1. The van der Waals surface area contributed by atoms with Gasteiger partial charge in [0, 0.05) is 13.1 Å². The van der Waals surface area contributed by atoms with Gasteiger partial charge in [-0.2, -0.15) is 4.31 Å². The van der Waals surface area contributed by atoms with E-state index in [0.717, 1.165) is 23.3 Å². The average Bonchev–Trinajstić information content (AvgIpc) is 2.61. The first-order valence-electron chi connectivity index (χ1n) is 8.05. The van der Waals surface area contributed by atoms with Gasteiger partial charge in [-0.05, 0) is 48.7 Å². The van der Waals surface area contributed by atoms with Gasteiger partial charge in [0.05, 0.1) is 4.90 Å². The van der Waals surface area contributed by atoms with Gasteiger partial charge in [-0.3, -0.25) is 4.79 Å². The van der Waals surface area contributed by atoms with Crippen LogP contribution in [-0.4, -0.2) is 31.2 Å². The Morgan fingerprint density at radius 2 is 1.80 bits per heavy atom. The molecule has 1 atom stereocenters. The summed E-state index contributed by atoms with van der Waals surface area (Å²) in [7, 11) is -3.93. The molecule has 132 valence electrons. The van der Waals surface area contributed by atoms with Crippen LogP contribution in [0.15, 0.2) is 53.4 Å². The first kappa shape index (κ1) is 17.6. The van der Waals surface area contributed by atoms with Crippen LogP contribution in [0.2, 0.25) is 0 Å². The topological polar surface area (TPSA) is 66.5 Å². The lowest BCUT2D eigenvalue weighted by molar-refractivity contribution is -0.125. The molecule has 2 aromatic carbocycles. The molecule has 5 nitrogen and oxygen atoms in total. The minimum atomic E-state index is -3.93. The zero-order valence-electron chi connectivity index (χ0n) is 13.8. The van der Waals surface area contributed by atoms with E-state index in [1.54, 1.807) is 6.92 Å². The first-order chi connectivity index (χ1) is 11.9. The van der Waals surface area contributed by atoms with E-state index in [1.165, 1.54) is 16.4 Å². The molecular weight excluding hydrogens is 343 g/mol. The molecule has 25 heavy (non-hydrogen) atoms. The second-order valence-corrected chi connectivity index (χ2v) is 7.78. The lowest BCUT2D eigenvalue weighted by Crippen LogP contribution is -2.52. The Bertz CT molecular complexity index is 881. The van der Waals surface area contributed by atoms with Crippen molar-refractivity contribution in [1.29, 1.82) is 0 Å². The van der Waals surface area contributed by atoms with Crippen LogP contribution in [0.1, 0.15) is 18.1 Å². The quantitative estimate of drug-likeness (QED) is 0.906. The van der Waals surface area contributed by atoms with E-state index in [9.17, 15) is 17.6 Å². The molecule has 1 amide bonds. The number of sulfonamides is 1. The second-order valence-electron chi connectivity index (χ2n) is 5.89. The van der Waals surface area contributed by atoms with Gasteiger partial charge in [-0.1, -0.05) is 24.3 Å². The maximum atomic E-state index is 13.1. The Balaban J connectivity index is 2.03. The Morgan fingerprint density at radius 1 is 1.16 bits per heavy atom. The Labute approximate surface area is 146 Å². The summed E-state index contributed by atoms with van der Waals surface area (Å²) >= 11 is 0. The largest absolute Gasteiger partial charge is 0.355 e. The van der Waals surface area contributed by atoms with Gasteiger partial charge in [0.25, 0.3) is 0 Å². The molecule has 0 radical (unpaired) electrons. The maximum absolute atomic E-state index is 13.1. The molecule has 7 heteroatoms. The molecule has 3 rings (SSSR count). The number of nitrogens with zero attached hydrogens (tertiary/aromatic N) is 1. The number of benzene rings is 2. The van der Waals surface area contributed by atoms with Crippen molar-refractivity contribution < 1.29 is 17.6 Å². The zero-order valence-corrected chi connectivity index (χ0v) is 14.6. The molecule has 0 aromatic heterocycles. The highest BCUT2D eigenvalue weighted by molar-refractivity contribution is 7.89. The maximum Gasteiger partial charge on any atom is 0.244 e. The van der Waals surface area contributed by atoms with E-state index in [1.807, 2.05) is 24.3 Å². The Kier molecular flexibility index (Phi) is 4.87. The van der Waals surface area contributed by atoms with Crippen LogP contribution < -0.4 is 5.32 Å². The fourth-order valence-electron chi connectivity index (χ4n) is 3.01. The fourth-order valence-corrected chi connectivity index (χ4v) is 4.57. The van der Waals surface area contributed by atoms with Gasteiger partial charge in [-0.25, -0.2) is 12.8 Å². The third kappa shape index (κ3) is 3.43. The molecule has 0 saturated heterocycles. The molecule has 1 heterocycles. The number of hydrogen-bond acceptors (Lipinski definition) is 3. The van der Waals surface area contributed by atoms with Gasteiger partial charge < -0.3 is 5.32 Å². The predicted octanol–water partition coefficient (Wildman–Crippen LogP) is 2.08. The van der Waals surface area contributed by atoms with Crippen molar-refractivity contribution in [3.63, 3.8) is 0 Å². The highest BCUT2D eigenvalue weighted by Gasteiger charge is 2.39. The van der Waals surface area contributed by atoms with Crippen molar-refractivity contribution in [1.82, 2.24) is 9.62 Å². The van der Waals surface area contributed by atoms with E-state index in [0.29, 0.717) is 13.0 Å². The molecule has 2 aromatic rings. The summed E-state index contributed by atoms with van der Waals surface area (Å²) < 4.78 is 40.5. The molecule has 1 N–H and O–H groups in total. The number of halogens is 1. The highest BCUT2D eigenvalue weighted by Crippen LogP contribution is 2.29. The third-order valence-electron chi connectivity index (χ3n) is 4.28. The molecule has 0 bridgehead atoms. The molecular formula is C18H19FN2O3S. The zero-order chi connectivity index (χ0) is 18.0. The smallest absolute Gasteiger partial charge is 0.244 e. The lowest BCUT2D eigenvalue weighted by Gasteiger charge is -2.35. The minimum Gasteiger partial charge on any atom is -0.355 e. The summed E-state index contributed by atoms with van der Waals surface area (Å²) in [6.45, 7) is 2.31. The summed E-state index contributed by atoms with van der Waals surface area (Å²) in [5.41, 5.74) is 1.83. The van der Waals surface area contributed by atoms with E-state index >= 15 is 0 Å². The van der Waals surface area contributed by atoms with Crippen LogP contribution in [-0.2, 0) is 27.8 Å². The van der Waals surface area contributed by atoms with Crippen molar-refractivity contribution in [2.45, 2.75) is 30.8 Å². The van der Waals surface area contributed by atoms with Crippen LogP contribution in [0.3, 0.4) is 0 Å². The van der Waals surface area contributed by atoms with E-state index < -0.39 is 21.9 Å². The Morgan fingerprint density at radius 3 is 2.44 bits per heavy atom. The summed E-state index contributed by atoms with van der Waals surface area (Å²) in [5, 5.41) is 2.70. The van der Waals surface area contributed by atoms with Crippen molar-refractivity contribution in [3.05, 3.63) is 65.5 Å². The van der Waals surface area contributed by atoms with Crippen molar-refractivity contribution in [2.75, 3.05) is 6.54 Å². The van der Waals surface area contributed by atoms with Gasteiger partial charge in [0.15, 0.2) is 0 Å². The minimum absolute atomic E-state index is 0.0254. The number of nitrogens with one attached hydrogen (secondary N) is 1. The van der Waals surface area contributed by atoms with Gasteiger partial charge in [0.2, 0.25) is 15.9 Å². The number of hydrogen-bond donors (Lipinski definition) is 1. The standard InChI is InChI=1S/C18H19FN2O3S/c1-2-20-18(22)17-11-13-5-3-4-6-14(13)12-21(17)25(23,24)16-9-7-15(19)8-10-16/h3-10,17H,2,11-12H2,1H3,(H,20,22)/t17-/m0/s1. The van der Waals surface area contributed by atoms with Crippen LogP contribution >= 0.6 is 0 Å². The van der Waals surface area contributed by atoms with Crippen molar-refractivity contribution >= 4 is 15.9 Å². The summed E-state index contributed by atoms with van der Waals surface area (Å²) in [6, 6.07) is 11.3. The monoisotopic (exact) mass is 362 g/mol. The molecule has 0 fully saturated rings. The summed E-state index contributed by atoms with van der Waals surface area (Å²) in [5.74, 6) is -0.842. The highest BCUT2D eigenvalue weighted by atomic mass is 32.2. The van der Waals surface area contributed by atoms with E-state index in [2.05, 4.69) is 5.32 Å². The molecule has 0 aliphatic carbocycles. The fraction of sp³-hybridized carbons (Fsp3) is 0.278. The number of fused-ring (bicyclic) bond motifs is 1.